The molecule has 0 heterocycles. The quantitative estimate of drug-likeness (QED) is 0.558. The molecule has 162 valence electrons. The predicted octanol–water partition coefficient (Wildman–Crippen LogP) is 5.35. The van der Waals surface area contributed by atoms with E-state index in [4.69, 9.17) is 0 Å². The Kier molecular flexibility index (Phi) is 7.34. The fraction of sp³-hybridized carbons (Fsp3) is 0.192. The Labute approximate surface area is 193 Å². The zero-order valence-corrected chi connectivity index (χ0v) is 19.4. The molecule has 3 rings (SSSR count). The average Bonchev–Trinajstić information content (AvgIpc) is 2.76. The van der Waals surface area contributed by atoms with E-state index in [1.54, 1.807) is 25.2 Å². The summed E-state index contributed by atoms with van der Waals surface area (Å²) in [7, 11) is 1.61. The van der Waals surface area contributed by atoms with Crippen LogP contribution < -0.4 is 5.32 Å². The molecule has 0 saturated heterocycles. The van der Waals surface area contributed by atoms with Crippen molar-refractivity contribution in [1.82, 2.24) is 4.90 Å². The monoisotopic (exact) mass is 443 g/mol. The third kappa shape index (κ3) is 5.37. The van der Waals surface area contributed by atoms with Gasteiger partial charge in [0.15, 0.2) is 0 Å². The lowest BCUT2D eigenvalue weighted by Gasteiger charge is -2.20. The van der Waals surface area contributed by atoms with E-state index >= 15 is 0 Å². The van der Waals surface area contributed by atoms with Gasteiger partial charge in [-0.1, -0.05) is 53.7 Å². The molecule has 0 aromatic heterocycles. The number of benzene rings is 3. The van der Waals surface area contributed by atoms with Crippen molar-refractivity contribution < 1.29 is 9.59 Å². The van der Waals surface area contributed by atoms with Gasteiger partial charge in [-0.05, 0) is 56.2 Å². The first kappa shape index (κ1) is 23.1. The number of hydrogen-bond acceptors (Lipinski definition) is 4. The van der Waals surface area contributed by atoms with Crippen LogP contribution in [0.3, 0.4) is 0 Å². The maximum Gasteiger partial charge on any atom is 0.255 e. The van der Waals surface area contributed by atoms with Crippen LogP contribution in [0.4, 0.5) is 5.69 Å². The van der Waals surface area contributed by atoms with Gasteiger partial charge in [-0.15, -0.1) is 0 Å². The molecule has 5 nitrogen and oxygen atoms in total. The van der Waals surface area contributed by atoms with Gasteiger partial charge in [-0.25, -0.2) is 0 Å². The maximum atomic E-state index is 13.1. The molecule has 0 aliphatic rings. The van der Waals surface area contributed by atoms with E-state index in [0.29, 0.717) is 11.1 Å². The highest BCUT2D eigenvalue weighted by Crippen LogP contribution is 2.33. The van der Waals surface area contributed by atoms with Crippen LogP contribution in [0.5, 0.6) is 0 Å². The van der Waals surface area contributed by atoms with E-state index in [-0.39, 0.29) is 18.4 Å². The topological polar surface area (TPSA) is 73.2 Å². The second-order valence-corrected chi connectivity index (χ2v) is 8.77. The van der Waals surface area contributed by atoms with Crippen molar-refractivity contribution >= 4 is 29.3 Å². The maximum absolute atomic E-state index is 13.1. The van der Waals surface area contributed by atoms with E-state index in [1.807, 2.05) is 63.2 Å². The van der Waals surface area contributed by atoms with Crippen molar-refractivity contribution in [1.29, 1.82) is 5.26 Å². The summed E-state index contributed by atoms with van der Waals surface area (Å²) in [6, 6.07) is 20.7. The minimum Gasteiger partial charge on any atom is -0.332 e. The second-order valence-electron chi connectivity index (χ2n) is 7.69. The van der Waals surface area contributed by atoms with E-state index in [2.05, 4.69) is 11.4 Å². The van der Waals surface area contributed by atoms with E-state index in [9.17, 15) is 14.9 Å². The Hall–Kier alpha value is -3.56. The first-order valence-corrected chi connectivity index (χ1v) is 11.0. The molecular weight excluding hydrogens is 418 g/mol. The standard InChI is InChI=1S/C26H25N3O2S/c1-17-13-18(2)25(19(3)14-17)28-24(30)16-29(4)26(31)21-10-6-8-12-23(21)32-22-11-7-5-9-20(22)15-27/h5-14H,16H2,1-4H3,(H,28,30). The summed E-state index contributed by atoms with van der Waals surface area (Å²) in [4.78, 5) is 28.7. The van der Waals surface area contributed by atoms with Gasteiger partial charge in [0, 0.05) is 22.5 Å². The molecule has 1 N–H and O–H groups in total. The van der Waals surface area contributed by atoms with Crippen molar-refractivity contribution in [2.45, 2.75) is 30.6 Å². The molecule has 32 heavy (non-hydrogen) atoms. The van der Waals surface area contributed by atoms with Crippen molar-refractivity contribution in [2.24, 2.45) is 0 Å². The van der Waals surface area contributed by atoms with E-state index < -0.39 is 0 Å². The smallest absolute Gasteiger partial charge is 0.255 e. The van der Waals surface area contributed by atoms with Crippen LogP contribution in [-0.2, 0) is 4.79 Å². The molecule has 6 heteroatoms. The molecule has 0 aliphatic carbocycles. The highest BCUT2D eigenvalue weighted by Gasteiger charge is 2.19. The lowest BCUT2D eigenvalue weighted by Crippen LogP contribution is -2.35. The summed E-state index contributed by atoms with van der Waals surface area (Å²) in [6.45, 7) is 5.86. The van der Waals surface area contributed by atoms with Crippen LogP contribution in [0, 0.1) is 32.1 Å². The third-order valence-corrected chi connectivity index (χ3v) is 6.17. The van der Waals surface area contributed by atoms with Crippen LogP contribution in [0.25, 0.3) is 0 Å². The predicted molar refractivity (Wildman–Crippen MR) is 128 cm³/mol. The largest absolute Gasteiger partial charge is 0.332 e. The Morgan fingerprint density at radius 2 is 1.56 bits per heavy atom. The normalized spacial score (nSPS) is 10.3. The number of carbonyl (C=O) groups excluding carboxylic acids is 2. The Morgan fingerprint density at radius 1 is 0.969 bits per heavy atom. The number of likely N-dealkylation sites (N-methyl/N-ethyl adjacent to an activating group) is 1. The Balaban J connectivity index is 1.75. The van der Waals surface area contributed by atoms with Gasteiger partial charge in [-0.2, -0.15) is 5.26 Å². The molecule has 0 aliphatic heterocycles. The average molecular weight is 444 g/mol. The lowest BCUT2D eigenvalue weighted by molar-refractivity contribution is -0.116. The molecule has 0 radical (unpaired) electrons. The molecule has 0 bridgehead atoms. The molecule has 0 spiro atoms. The summed E-state index contributed by atoms with van der Waals surface area (Å²) in [5.41, 5.74) is 4.94. The fourth-order valence-corrected chi connectivity index (χ4v) is 4.57. The Morgan fingerprint density at radius 3 is 2.22 bits per heavy atom. The summed E-state index contributed by atoms with van der Waals surface area (Å²) in [5, 5.41) is 12.3. The molecule has 0 fully saturated rings. The second kappa shape index (κ2) is 10.2. The van der Waals surface area contributed by atoms with Crippen molar-refractivity contribution in [3.63, 3.8) is 0 Å². The first-order chi connectivity index (χ1) is 15.3. The number of aryl methyl sites for hydroxylation is 3. The van der Waals surface area contributed by atoms with Crippen molar-refractivity contribution in [3.05, 3.63) is 88.5 Å². The van der Waals surface area contributed by atoms with Crippen molar-refractivity contribution in [3.8, 4) is 6.07 Å². The highest BCUT2D eigenvalue weighted by molar-refractivity contribution is 7.99. The van der Waals surface area contributed by atoms with Crippen LogP contribution in [0.1, 0.15) is 32.6 Å². The summed E-state index contributed by atoms with van der Waals surface area (Å²) in [6.07, 6.45) is 0. The van der Waals surface area contributed by atoms with Crippen LogP contribution in [0.15, 0.2) is 70.5 Å². The number of carbonyl (C=O) groups is 2. The van der Waals surface area contributed by atoms with Crippen LogP contribution >= 0.6 is 11.8 Å². The number of amides is 2. The summed E-state index contributed by atoms with van der Waals surface area (Å²) < 4.78 is 0. The fourth-order valence-electron chi connectivity index (χ4n) is 3.55. The third-order valence-electron chi connectivity index (χ3n) is 5.01. The molecule has 3 aromatic carbocycles. The minimum atomic E-state index is -0.255. The zero-order valence-electron chi connectivity index (χ0n) is 18.6. The van der Waals surface area contributed by atoms with Crippen LogP contribution in [-0.4, -0.2) is 30.3 Å². The molecule has 0 unspecified atom stereocenters. The molecular formula is C26H25N3O2S. The molecule has 0 saturated carbocycles. The first-order valence-electron chi connectivity index (χ1n) is 10.2. The summed E-state index contributed by atoms with van der Waals surface area (Å²) >= 11 is 1.37. The van der Waals surface area contributed by atoms with E-state index in [0.717, 1.165) is 32.2 Å². The number of nitriles is 1. The van der Waals surface area contributed by atoms with Gasteiger partial charge >= 0.3 is 0 Å². The van der Waals surface area contributed by atoms with Gasteiger partial charge in [0.1, 0.15) is 6.07 Å². The zero-order chi connectivity index (χ0) is 23.3. The number of anilines is 1. The number of nitrogens with one attached hydrogen (secondary N) is 1. The highest BCUT2D eigenvalue weighted by atomic mass is 32.2. The molecule has 3 aromatic rings. The van der Waals surface area contributed by atoms with Gasteiger partial charge in [-0.3, -0.25) is 9.59 Å². The molecule has 2 amide bonds. The Bertz CT molecular complexity index is 1190. The van der Waals surface area contributed by atoms with Gasteiger partial charge in [0.2, 0.25) is 5.91 Å². The van der Waals surface area contributed by atoms with Gasteiger partial charge in [0.25, 0.3) is 5.91 Å². The van der Waals surface area contributed by atoms with Crippen molar-refractivity contribution in [2.75, 3.05) is 18.9 Å². The number of hydrogen-bond donors (Lipinski definition) is 1. The van der Waals surface area contributed by atoms with Crippen LogP contribution in [0.2, 0.25) is 0 Å². The van der Waals surface area contributed by atoms with E-state index in [1.165, 1.54) is 16.7 Å². The van der Waals surface area contributed by atoms with Gasteiger partial charge < -0.3 is 10.2 Å². The summed E-state index contributed by atoms with van der Waals surface area (Å²) in [5.74, 6) is -0.508. The SMILES string of the molecule is Cc1cc(C)c(NC(=O)CN(C)C(=O)c2ccccc2Sc2ccccc2C#N)c(C)c1. The minimum absolute atomic E-state index is 0.0701. The van der Waals surface area contributed by atoms with Gasteiger partial charge in [0.05, 0.1) is 17.7 Å². The lowest BCUT2D eigenvalue weighted by atomic mass is 10.1. The number of nitrogens with zero attached hydrogens (tertiary/aromatic N) is 2. The molecule has 0 atom stereocenters. The number of rotatable bonds is 6.